The molecule has 0 amide bonds. The summed E-state index contributed by atoms with van der Waals surface area (Å²) in [5, 5.41) is 0. The molecule has 0 unspecified atom stereocenters. The Bertz CT molecular complexity index is 162. The van der Waals surface area contributed by atoms with E-state index in [2.05, 4.69) is 46.4 Å². The molecule has 0 fully saturated rings. The maximum atomic E-state index is 6.41. The Morgan fingerprint density at radius 2 is 1.31 bits per heavy atom. The van der Waals surface area contributed by atoms with Crippen LogP contribution in [0.2, 0.25) is 0 Å². The SMILES string of the molecule is CCC(N)(CC)CN(CC(C)C)CC(C)C. The zero-order valence-electron chi connectivity index (χ0n) is 12.2. The highest BCUT2D eigenvalue weighted by Crippen LogP contribution is 2.15. The van der Waals surface area contributed by atoms with Crippen LogP contribution in [0.15, 0.2) is 0 Å². The van der Waals surface area contributed by atoms with E-state index in [1.807, 2.05) is 0 Å². The van der Waals surface area contributed by atoms with Gasteiger partial charge in [0, 0.05) is 25.2 Å². The summed E-state index contributed by atoms with van der Waals surface area (Å²) in [6.07, 6.45) is 2.13. The molecule has 98 valence electrons. The van der Waals surface area contributed by atoms with Gasteiger partial charge in [0.05, 0.1) is 0 Å². The lowest BCUT2D eigenvalue weighted by Gasteiger charge is -2.35. The molecule has 2 nitrogen and oxygen atoms in total. The van der Waals surface area contributed by atoms with Crippen LogP contribution < -0.4 is 5.73 Å². The van der Waals surface area contributed by atoms with Gasteiger partial charge in [-0.2, -0.15) is 0 Å². The molecule has 0 bridgehead atoms. The van der Waals surface area contributed by atoms with Crippen LogP contribution in [0.5, 0.6) is 0 Å². The predicted octanol–water partition coefficient (Wildman–Crippen LogP) is 3.12. The molecule has 0 aliphatic rings. The first-order chi connectivity index (χ1) is 7.33. The predicted molar refractivity (Wildman–Crippen MR) is 73.6 cm³/mol. The fourth-order valence-corrected chi connectivity index (χ4v) is 2.16. The minimum Gasteiger partial charge on any atom is -0.324 e. The zero-order chi connectivity index (χ0) is 12.8. The largest absolute Gasteiger partial charge is 0.324 e. The highest BCUT2D eigenvalue weighted by Gasteiger charge is 2.24. The number of nitrogens with two attached hydrogens (primary N) is 1. The van der Waals surface area contributed by atoms with Gasteiger partial charge in [0.15, 0.2) is 0 Å². The van der Waals surface area contributed by atoms with Crippen LogP contribution in [0.1, 0.15) is 54.4 Å². The first-order valence-corrected chi connectivity index (χ1v) is 6.84. The Balaban J connectivity index is 4.39. The van der Waals surface area contributed by atoms with Crippen molar-refractivity contribution in [2.45, 2.75) is 59.9 Å². The van der Waals surface area contributed by atoms with Gasteiger partial charge >= 0.3 is 0 Å². The van der Waals surface area contributed by atoms with E-state index >= 15 is 0 Å². The van der Waals surface area contributed by atoms with Crippen molar-refractivity contribution in [3.05, 3.63) is 0 Å². The Hall–Kier alpha value is -0.0800. The lowest BCUT2D eigenvalue weighted by atomic mass is 9.93. The number of hydrogen-bond acceptors (Lipinski definition) is 2. The number of rotatable bonds is 8. The molecule has 0 aromatic rings. The van der Waals surface area contributed by atoms with Crippen LogP contribution in [0.3, 0.4) is 0 Å². The Morgan fingerprint density at radius 3 is 1.56 bits per heavy atom. The molecular formula is C14H32N2. The molecular weight excluding hydrogens is 196 g/mol. The van der Waals surface area contributed by atoms with Crippen molar-refractivity contribution >= 4 is 0 Å². The second-order valence-electron chi connectivity index (χ2n) is 6.05. The topological polar surface area (TPSA) is 29.3 Å². The highest BCUT2D eigenvalue weighted by atomic mass is 15.1. The standard InChI is InChI=1S/C14H32N2/c1-7-14(15,8-2)11-16(9-12(3)4)10-13(5)6/h12-13H,7-11,15H2,1-6H3. The molecule has 0 spiro atoms. The van der Waals surface area contributed by atoms with E-state index in [1.165, 1.54) is 0 Å². The third-order valence-electron chi connectivity index (χ3n) is 3.19. The maximum Gasteiger partial charge on any atom is 0.0278 e. The first-order valence-electron chi connectivity index (χ1n) is 6.84. The van der Waals surface area contributed by atoms with Crippen LogP contribution in [0.25, 0.3) is 0 Å². The molecule has 16 heavy (non-hydrogen) atoms. The van der Waals surface area contributed by atoms with Crippen molar-refractivity contribution in [2.75, 3.05) is 19.6 Å². The summed E-state index contributed by atoms with van der Waals surface area (Å²) in [6.45, 7) is 16.9. The molecule has 0 aliphatic carbocycles. The van der Waals surface area contributed by atoms with E-state index in [-0.39, 0.29) is 5.54 Å². The number of hydrogen-bond donors (Lipinski definition) is 1. The van der Waals surface area contributed by atoms with E-state index in [0.29, 0.717) is 0 Å². The third kappa shape index (κ3) is 6.49. The normalized spacial score (nSPS) is 13.1. The summed E-state index contributed by atoms with van der Waals surface area (Å²) < 4.78 is 0. The molecule has 2 heteroatoms. The van der Waals surface area contributed by atoms with Crippen molar-refractivity contribution in [1.82, 2.24) is 4.90 Å². The van der Waals surface area contributed by atoms with Crippen molar-refractivity contribution < 1.29 is 0 Å². The van der Waals surface area contributed by atoms with Crippen LogP contribution in [0, 0.1) is 11.8 Å². The van der Waals surface area contributed by atoms with Gasteiger partial charge in [-0.15, -0.1) is 0 Å². The van der Waals surface area contributed by atoms with Gasteiger partial charge in [0.1, 0.15) is 0 Å². The second-order valence-corrected chi connectivity index (χ2v) is 6.05. The van der Waals surface area contributed by atoms with Crippen molar-refractivity contribution in [2.24, 2.45) is 17.6 Å². The third-order valence-corrected chi connectivity index (χ3v) is 3.19. The average Bonchev–Trinajstić information content (AvgIpc) is 2.15. The van der Waals surface area contributed by atoms with Gasteiger partial charge in [-0.05, 0) is 24.7 Å². The van der Waals surface area contributed by atoms with Gasteiger partial charge < -0.3 is 10.6 Å². The Morgan fingerprint density at radius 1 is 0.938 bits per heavy atom. The maximum absolute atomic E-state index is 6.41. The monoisotopic (exact) mass is 228 g/mol. The summed E-state index contributed by atoms with van der Waals surface area (Å²) in [5.41, 5.74) is 6.41. The summed E-state index contributed by atoms with van der Waals surface area (Å²) in [4.78, 5) is 2.54. The molecule has 0 rings (SSSR count). The second kappa shape index (κ2) is 7.29. The van der Waals surface area contributed by atoms with E-state index in [4.69, 9.17) is 5.73 Å². The van der Waals surface area contributed by atoms with Crippen LogP contribution in [0.4, 0.5) is 0 Å². The highest BCUT2D eigenvalue weighted by molar-refractivity contribution is 4.85. The fourth-order valence-electron chi connectivity index (χ4n) is 2.16. The van der Waals surface area contributed by atoms with Crippen molar-refractivity contribution in [1.29, 1.82) is 0 Å². The van der Waals surface area contributed by atoms with Gasteiger partial charge in [0.2, 0.25) is 0 Å². The minimum atomic E-state index is 0.00375. The van der Waals surface area contributed by atoms with E-state index in [9.17, 15) is 0 Å². The number of nitrogens with zero attached hydrogens (tertiary/aromatic N) is 1. The van der Waals surface area contributed by atoms with Gasteiger partial charge in [0.25, 0.3) is 0 Å². The Kier molecular flexibility index (Phi) is 7.25. The summed E-state index contributed by atoms with van der Waals surface area (Å²) in [5.74, 6) is 1.44. The Labute approximate surface area is 103 Å². The van der Waals surface area contributed by atoms with Gasteiger partial charge in [-0.25, -0.2) is 0 Å². The zero-order valence-corrected chi connectivity index (χ0v) is 12.2. The summed E-state index contributed by atoms with van der Waals surface area (Å²) >= 11 is 0. The van der Waals surface area contributed by atoms with E-state index in [0.717, 1.165) is 44.3 Å². The average molecular weight is 228 g/mol. The molecule has 0 saturated carbocycles. The lowest BCUT2D eigenvalue weighted by Crippen LogP contribution is -2.50. The fraction of sp³-hybridized carbons (Fsp3) is 1.00. The molecule has 0 radical (unpaired) electrons. The van der Waals surface area contributed by atoms with Crippen molar-refractivity contribution in [3.63, 3.8) is 0 Å². The molecule has 0 aromatic carbocycles. The molecule has 0 atom stereocenters. The molecule has 0 heterocycles. The summed E-state index contributed by atoms with van der Waals surface area (Å²) in [7, 11) is 0. The molecule has 2 N–H and O–H groups in total. The van der Waals surface area contributed by atoms with E-state index < -0.39 is 0 Å². The molecule has 0 aromatic heterocycles. The van der Waals surface area contributed by atoms with Crippen LogP contribution in [-0.2, 0) is 0 Å². The van der Waals surface area contributed by atoms with Crippen LogP contribution in [-0.4, -0.2) is 30.1 Å². The molecule has 0 saturated heterocycles. The quantitative estimate of drug-likeness (QED) is 0.691. The van der Waals surface area contributed by atoms with E-state index in [1.54, 1.807) is 0 Å². The lowest BCUT2D eigenvalue weighted by molar-refractivity contribution is 0.165. The summed E-state index contributed by atoms with van der Waals surface area (Å²) in [6, 6.07) is 0. The first kappa shape index (κ1) is 15.9. The molecule has 0 aliphatic heterocycles. The van der Waals surface area contributed by atoms with Gasteiger partial charge in [-0.1, -0.05) is 41.5 Å². The minimum absolute atomic E-state index is 0.00375. The van der Waals surface area contributed by atoms with Crippen molar-refractivity contribution in [3.8, 4) is 0 Å². The smallest absolute Gasteiger partial charge is 0.0278 e. The van der Waals surface area contributed by atoms with Crippen LogP contribution >= 0.6 is 0 Å². The van der Waals surface area contributed by atoms with Gasteiger partial charge in [-0.3, -0.25) is 0 Å².